The highest BCUT2D eigenvalue weighted by atomic mass is 16.5. The zero-order valence-electron chi connectivity index (χ0n) is 11.6. The number of carbonyl (C=O) groups excluding carboxylic acids is 1. The molecule has 20 heavy (non-hydrogen) atoms. The minimum Gasteiger partial charge on any atom is -0.497 e. The van der Waals surface area contributed by atoms with Gasteiger partial charge >= 0.3 is 0 Å². The molecule has 0 atom stereocenters. The molecule has 0 unspecified atom stereocenters. The minimum atomic E-state index is -0.0998. The molecule has 0 spiro atoms. The van der Waals surface area contributed by atoms with Gasteiger partial charge in [0, 0.05) is 17.8 Å². The second kappa shape index (κ2) is 5.00. The van der Waals surface area contributed by atoms with E-state index in [1.165, 1.54) is 0 Å². The van der Waals surface area contributed by atoms with E-state index in [0.29, 0.717) is 11.7 Å². The highest BCUT2D eigenvalue weighted by Gasteiger charge is 2.25. The van der Waals surface area contributed by atoms with Gasteiger partial charge in [-0.25, -0.2) is 4.68 Å². The van der Waals surface area contributed by atoms with Gasteiger partial charge in [0.25, 0.3) is 5.91 Å². The molecule has 1 amide bonds. The number of methoxy groups -OCH3 is 1. The first-order valence-electron chi connectivity index (χ1n) is 6.69. The lowest BCUT2D eigenvalue weighted by molar-refractivity contribution is 0.0945. The summed E-state index contributed by atoms with van der Waals surface area (Å²) in [5.74, 6) is 0.665. The van der Waals surface area contributed by atoms with Crippen LogP contribution >= 0.6 is 0 Å². The molecule has 0 radical (unpaired) electrons. The van der Waals surface area contributed by atoms with Gasteiger partial charge in [0.2, 0.25) is 0 Å². The molecule has 1 saturated carbocycles. The van der Waals surface area contributed by atoms with Gasteiger partial charge in [-0.2, -0.15) is 5.10 Å². The lowest BCUT2D eigenvalue weighted by atomic mass is 10.3. The van der Waals surface area contributed by atoms with Crippen molar-refractivity contribution in [3.63, 3.8) is 0 Å². The Balaban J connectivity index is 1.89. The third-order valence-corrected chi connectivity index (χ3v) is 3.33. The van der Waals surface area contributed by atoms with Gasteiger partial charge in [0.15, 0.2) is 5.69 Å². The van der Waals surface area contributed by atoms with Crippen molar-refractivity contribution in [2.24, 2.45) is 0 Å². The Hall–Kier alpha value is -2.30. The van der Waals surface area contributed by atoms with E-state index in [9.17, 15) is 4.79 Å². The van der Waals surface area contributed by atoms with E-state index in [1.54, 1.807) is 17.9 Å². The molecular weight excluding hydrogens is 254 g/mol. The van der Waals surface area contributed by atoms with Crippen LogP contribution in [0.25, 0.3) is 5.69 Å². The maximum absolute atomic E-state index is 12.0. The summed E-state index contributed by atoms with van der Waals surface area (Å²) in [6.45, 7) is 1.93. The number of amides is 1. The number of ether oxygens (including phenoxy) is 1. The molecule has 1 fully saturated rings. The number of aryl methyl sites for hydroxylation is 1. The molecule has 104 valence electrons. The van der Waals surface area contributed by atoms with Crippen LogP contribution < -0.4 is 10.1 Å². The Morgan fingerprint density at radius 1 is 1.40 bits per heavy atom. The largest absolute Gasteiger partial charge is 0.497 e. The second-order valence-electron chi connectivity index (χ2n) is 5.03. The lowest BCUT2D eigenvalue weighted by Gasteiger charge is -2.06. The van der Waals surface area contributed by atoms with Crippen molar-refractivity contribution in [1.29, 1.82) is 0 Å². The zero-order chi connectivity index (χ0) is 14.1. The van der Waals surface area contributed by atoms with Gasteiger partial charge in [-0.15, -0.1) is 0 Å². The topological polar surface area (TPSA) is 56.2 Å². The molecule has 5 heteroatoms. The minimum absolute atomic E-state index is 0.0998. The van der Waals surface area contributed by atoms with Crippen LogP contribution in [0.1, 0.15) is 29.0 Å². The summed E-state index contributed by atoms with van der Waals surface area (Å²) in [6.07, 6.45) is 2.14. The molecule has 0 bridgehead atoms. The van der Waals surface area contributed by atoms with E-state index in [2.05, 4.69) is 10.4 Å². The van der Waals surface area contributed by atoms with Crippen LogP contribution in [-0.2, 0) is 0 Å². The van der Waals surface area contributed by atoms with Crippen LogP contribution in [0.2, 0.25) is 0 Å². The van der Waals surface area contributed by atoms with Gasteiger partial charge < -0.3 is 10.1 Å². The van der Waals surface area contributed by atoms with Crippen LogP contribution in [0, 0.1) is 6.92 Å². The summed E-state index contributed by atoms with van der Waals surface area (Å²) < 4.78 is 6.97. The highest BCUT2D eigenvalue weighted by Crippen LogP contribution is 2.20. The Bertz CT molecular complexity index is 644. The average Bonchev–Trinajstić information content (AvgIpc) is 3.18. The van der Waals surface area contributed by atoms with E-state index in [4.69, 9.17) is 4.74 Å². The number of carbonyl (C=O) groups is 1. The zero-order valence-corrected chi connectivity index (χ0v) is 11.6. The fourth-order valence-electron chi connectivity index (χ4n) is 2.08. The molecule has 1 N–H and O–H groups in total. The standard InChI is InChI=1S/C15H17N3O2/c1-10-8-14(15(19)16-11-6-7-11)17-18(10)12-4-3-5-13(9-12)20-2/h3-5,8-9,11H,6-7H2,1-2H3,(H,16,19). The summed E-state index contributed by atoms with van der Waals surface area (Å²) in [5, 5.41) is 7.33. The molecule has 1 aliphatic rings. The van der Waals surface area contributed by atoms with Crippen molar-refractivity contribution in [2.45, 2.75) is 25.8 Å². The number of nitrogens with one attached hydrogen (secondary N) is 1. The first-order valence-corrected chi connectivity index (χ1v) is 6.69. The molecular formula is C15H17N3O2. The molecule has 1 heterocycles. The Kier molecular flexibility index (Phi) is 3.18. The molecule has 1 aromatic carbocycles. The van der Waals surface area contributed by atoms with Crippen molar-refractivity contribution in [3.05, 3.63) is 41.7 Å². The molecule has 3 rings (SSSR count). The number of benzene rings is 1. The van der Waals surface area contributed by atoms with Crippen molar-refractivity contribution in [3.8, 4) is 11.4 Å². The predicted molar refractivity (Wildman–Crippen MR) is 75.3 cm³/mol. The molecule has 1 aliphatic carbocycles. The number of aromatic nitrogens is 2. The number of hydrogen-bond donors (Lipinski definition) is 1. The van der Waals surface area contributed by atoms with Gasteiger partial charge in [0.1, 0.15) is 5.75 Å². The Morgan fingerprint density at radius 2 is 2.20 bits per heavy atom. The lowest BCUT2D eigenvalue weighted by Crippen LogP contribution is -2.25. The van der Waals surface area contributed by atoms with Gasteiger partial charge in [-0.1, -0.05) is 6.07 Å². The van der Waals surface area contributed by atoms with Crippen molar-refractivity contribution >= 4 is 5.91 Å². The van der Waals surface area contributed by atoms with E-state index in [0.717, 1.165) is 30.0 Å². The SMILES string of the molecule is COc1cccc(-n2nc(C(=O)NC3CC3)cc2C)c1. The summed E-state index contributed by atoms with van der Waals surface area (Å²) >= 11 is 0. The van der Waals surface area contributed by atoms with Crippen molar-refractivity contribution < 1.29 is 9.53 Å². The predicted octanol–water partition coefficient (Wildman–Crippen LogP) is 2.08. The Labute approximate surface area is 117 Å². The molecule has 2 aromatic rings. The van der Waals surface area contributed by atoms with E-state index >= 15 is 0 Å². The normalized spacial score (nSPS) is 14.1. The van der Waals surface area contributed by atoms with Gasteiger partial charge in [-0.3, -0.25) is 4.79 Å². The van der Waals surface area contributed by atoms with E-state index < -0.39 is 0 Å². The maximum atomic E-state index is 12.0. The van der Waals surface area contributed by atoms with E-state index in [1.807, 2.05) is 31.2 Å². The van der Waals surface area contributed by atoms with Crippen LogP contribution in [0.3, 0.4) is 0 Å². The number of hydrogen-bond acceptors (Lipinski definition) is 3. The maximum Gasteiger partial charge on any atom is 0.272 e. The summed E-state index contributed by atoms with van der Waals surface area (Å²) in [6, 6.07) is 9.75. The van der Waals surface area contributed by atoms with Crippen LogP contribution in [0.15, 0.2) is 30.3 Å². The van der Waals surface area contributed by atoms with Crippen LogP contribution in [0.4, 0.5) is 0 Å². The molecule has 0 aliphatic heterocycles. The highest BCUT2D eigenvalue weighted by molar-refractivity contribution is 5.92. The summed E-state index contributed by atoms with van der Waals surface area (Å²) in [7, 11) is 1.63. The molecule has 1 aromatic heterocycles. The fraction of sp³-hybridized carbons (Fsp3) is 0.333. The number of nitrogens with zero attached hydrogens (tertiary/aromatic N) is 2. The monoisotopic (exact) mass is 271 g/mol. The van der Waals surface area contributed by atoms with E-state index in [-0.39, 0.29) is 5.91 Å². The van der Waals surface area contributed by atoms with Crippen molar-refractivity contribution in [2.75, 3.05) is 7.11 Å². The number of rotatable bonds is 4. The Morgan fingerprint density at radius 3 is 2.90 bits per heavy atom. The fourth-order valence-corrected chi connectivity index (χ4v) is 2.08. The third-order valence-electron chi connectivity index (χ3n) is 3.33. The summed E-state index contributed by atoms with van der Waals surface area (Å²) in [4.78, 5) is 12.0. The third kappa shape index (κ3) is 2.52. The quantitative estimate of drug-likeness (QED) is 0.926. The first-order chi connectivity index (χ1) is 9.67. The van der Waals surface area contributed by atoms with Crippen LogP contribution in [0.5, 0.6) is 5.75 Å². The molecule has 5 nitrogen and oxygen atoms in total. The summed E-state index contributed by atoms with van der Waals surface area (Å²) in [5.41, 5.74) is 2.25. The second-order valence-corrected chi connectivity index (χ2v) is 5.03. The van der Waals surface area contributed by atoms with Gasteiger partial charge in [-0.05, 0) is 38.0 Å². The smallest absolute Gasteiger partial charge is 0.272 e. The van der Waals surface area contributed by atoms with Gasteiger partial charge in [0.05, 0.1) is 12.8 Å². The average molecular weight is 271 g/mol. The van der Waals surface area contributed by atoms with Crippen molar-refractivity contribution in [1.82, 2.24) is 15.1 Å². The first kappa shape index (κ1) is 12.7. The van der Waals surface area contributed by atoms with Crippen LogP contribution in [-0.4, -0.2) is 28.8 Å². The molecule has 0 saturated heterocycles.